The van der Waals surface area contributed by atoms with Crippen molar-refractivity contribution >= 4 is 22.5 Å². The number of benzene rings is 1. The summed E-state index contributed by atoms with van der Waals surface area (Å²) in [6.07, 6.45) is 3.06. The van der Waals surface area contributed by atoms with Gasteiger partial charge in [-0.2, -0.15) is 9.37 Å². The van der Waals surface area contributed by atoms with Crippen LogP contribution in [0.3, 0.4) is 0 Å². The van der Waals surface area contributed by atoms with Gasteiger partial charge in [-0.05, 0) is 42.0 Å². The molecule has 0 bridgehead atoms. The maximum absolute atomic E-state index is 13.0. The highest BCUT2D eigenvalue weighted by atomic mass is 19.1. The van der Waals surface area contributed by atoms with Crippen LogP contribution in [-0.2, 0) is 0 Å². The van der Waals surface area contributed by atoms with Crippen LogP contribution in [0.5, 0.6) is 0 Å². The Balaban J connectivity index is 1.74. The first-order chi connectivity index (χ1) is 12.2. The molecule has 3 heterocycles. The molecule has 0 amide bonds. The standard InChI is InChI=1S/C18H12FN5O/c19-15-7-6-12(10-21-15)11-3-1-4-13(9-11)22-17-14-5-2-8-20-16(14)23-18(25)24-17/h1-10H,(H2,20,22,23,24,25). The number of anilines is 2. The van der Waals surface area contributed by atoms with Gasteiger partial charge in [0.1, 0.15) is 5.82 Å². The van der Waals surface area contributed by atoms with Crippen LogP contribution >= 0.6 is 0 Å². The molecule has 2 N–H and O–H groups in total. The van der Waals surface area contributed by atoms with E-state index in [2.05, 4.69) is 25.3 Å². The van der Waals surface area contributed by atoms with E-state index in [1.807, 2.05) is 30.3 Å². The zero-order valence-electron chi connectivity index (χ0n) is 12.9. The van der Waals surface area contributed by atoms with Crippen LogP contribution in [0.1, 0.15) is 0 Å². The summed E-state index contributed by atoms with van der Waals surface area (Å²) in [5.41, 5.74) is 2.31. The summed E-state index contributed by atoms with van der Waals surface area (Å²) in [5.74, 6) is -0.0103. The van der Waals surface area contributed by atoms with Gasteiger partial charge < -0.3 is 5.32 Å². The molecular formula is C18H12FN5O. The number of hydrogen-bond acceptors (Lipinski definition) is 5. The fraction of sp³-hybridized carbons (Fsp3) is 0. The van der Waals surface area contributed by atoms with Crippen molar-refractivity contribution < 1.29 is 4.39 Å². The van der Waals surface area contributed by atoms with Gasteiger partial charge >= 0.3 is 5.69 Å². The van der Waals surface area contributed by atoms with Gasteiger partial charge in [-0.3, -0.25) is 4.98 Å². The molecule has 0 saturated carbocycles. The van der Waals surface area contributed by atoms with E-state index in [0.29, 0.717) is 16.9 Å². The zero-order chi connectivity index (χ0) is 17.2. The molecule has 7 heteroatoms. The van der Waals surface area contributed by atoms with Crippen LogP contribution in [0.4, 0.5) is 15.9 Å². The fourth-order valence-corrected chi connectivity index (χ4v) is 2.55. The number of aromatic amines is 1. The third kappa shape index (κ3) is 3.07. The van der Waals surface area contributed by atoms with Gasteiger partial charge in [-0.15, -0.1) is 0 Å². The van der Waals surface area contributed by atoms with Crippen LogP contribution in [0.25, 0.3) is 22.2 Å². The number of aromatic nitrogens is 4. The summed E-state index contributed by atoms with van der Waals surface area (Å²) in [4.78, 5) is 26.0. The lowest BCUT2D eigenvalue weighted by Crippen LogP contribution is -2.13. The molecule has 0 atom stereocenters. The summed E-state index contributed by atoms with van der Waals surface area (Å²) in [6, 6.07) is 14.1. The summed E-state index contributed by atoms with van der Waals surface area (Å²) >= 11 is 0. The SMILES string of the molecule is O=c1nc2ncccc2c(Nc2cccc(-c3ccc(F)nc3)c2)[nH]1. The third-order valence-corrected chi connectivity index (χ3v) is 3.69. The molecule has 4 aromatic rings. The minimum absolute atomic E-state index is 0.368. The quantitative estimate of drug-likeness (QED) is 0.562. The van der Waals surface area contributed by atoms with Crippen LogP contribution in [-0.4, -0.2) is 19.9 Å². The second-order valence-corrected chi connectivity index (χ2v) is 5.37. The molecule has 0 aliphatic carbocycles. The molecule has 0 unspecified atom stereocenters. The Bertz CT molecular complexity index is 1110. The van der Waals surface area contributed by atoms with E-state index < -0.39 is 11.6 Å². The molecule has 6 nitrogen and oxygen atoms in total. The summed E-state index contributed by atoms with van der Waals surface area (Å²) in [7, 11) is 0. The van der Waals surface area contributed by atoms with Gasteiger partial charge in [0.05, 0.1) is 5.39 Å². The van der Waals surface area contributed by atoms with Crippen LogP contribution in [0, 0.1) is 5.95 Å². The molecule has 4 rings (SSSR count). The maximum atomic E-state index is 13.0. The van der Waals surface area contributed by atoms with Crippen molar-refractivity contribution in [2.24, 2.45) is 0 Å². The summed E-state index contributed by atoms with van der Waals surface area (Å²) in [5, 5.41) is 3.88. The van der Waals surface area contributed by atoms with Crippen LogP contribution < -0.4 is 11.0 Å². The van der Waals surface area contributed by atoms with E-state index in [-0.39, 0.29) is 0 Å². The first-order valence-electron chi connectivity index (χ1n) is 7.53. The highest BCUT2D eigenvalue weighted by Crippen LogP contribution is 2.25. The summed E-state index contributed by atoms with van der Waals surface area (Å²) < 4.78 is 13.0. The van der Waals surface area contributed by atoms with Crippen LogP contribution in [0.15, 0.2) is 65.7 Å². The third-order valence-electron chi connectivity index (χ3n) is 3.69. The number of fused-ring (bicyclic) bond motifs is 1. The van der Waals surface area contributed by atoms with Gasteiger partial charge in [0, 0.05) is 23.6 Å². The lowest BCUT2D eigenvalue weighted by Gasteiger charge is -2.10. The van der Waals surface area contributed by atoms with Gasteiger partial charge in [-0.25, -0.2) is 14.8 Å². The number of H-pyrrole nitrogens is 1. The molecule has 1 aromatic carbocycles. The number of rotatable bonds is 3. The molecular weight excluding hydrogens is 321 g/mol. The minimum atomic E-state index is -0.522. The highest BCUT2D eigenvalue weighted by molar-refractivity contribution is 5.88. The number of nitrogens with zero attached hydrogens (tertiary/aromatic N) is 3. The molecule has 0 fully saturated rings. The van der Waals surface area contributed by atoms with E-state index in [1.165, 1.54) is 12.3 Å². The van der Waals surface area contributed by atoms with Crippen molar-refractivity contribution in [3.8, 4) is 11.1 Å². The predicted octanol–water partition coefficient (Wildman–Crippen LogP) is 3.26. The van der Waals surface area contributed by atoms with Crippen molar-refractivity contribution in [2.75, 3.05) is 5.32 Å². The molecule has 122 valence electrons. The lowest BCUT2D eigenvalue weighted by atomic mass is 10.1. The number of halogens is 1. The molecule has 3 aromatic heterocycles. The molecule has 0 spiro atoms. The predicted molar refractivity (Wildman–Crippen MR) is 93.1 cm³/mol. The van der Waals surface area contributed by atoms with Gasteiger partial charge in [0.2, 0.25) is 5.95 Å². The Labute approximate surface area is 141 Å². The average Bonchev–Trinajstić information content (AvgIpc) is 2.62. The largest absolute Gasteiger partial charge is 0.348 e. The van der Waals surface area contributed by atoms with Crippen molar-refractivity contribution in [1.29, 1.82) is 0 Å². The van der Waals surface area contributed by atoms with Crippen molar-refractivity contribution in [3.05, 3.63) is 77.4 Å². The minimum Gasteiger partial charge on any atom is -0.341 e. The summed E-state index contributed by atoms with van der Waals surface area (Å²) in [6.45, 7) is 0. The maximum Gasteiger partial charge on any atom is 0.348 e. The highest BCUT2D eigenvalue weighted by Gasteiger charge is 2.07. The molecule has 0 saturated heterocycles. The fourth-order valence-electron chi connectivity index (χ4n) is 2.55. The van der Waals surface area contributed by atoms with Gasteiger partial charge in [0.25, 0.3) is 0 Å². The number of hydrogen-bond donors (Lipinski definition) is 2. The second kappa shape index (κ2) is 6.12. The zero-order valence-corrected chi connectivity index (χ0v) is 12.9. The van der Waals surface area contributed by atoms with E-state index in [0.717, 1.165) is 16.8 Å². The van der Waals surface area contributed by atoms with Crippen molar-refractivity contribution in [1.82, 2.24) is 19.9 Å². The Kier molecular flexibility index (Phi) is 3.66. The number of pyridine rings is 2. The smallest absolute Gasteiger partial charge is 0.341 e. The van der Waals surface area contributed by atoms with E-state index in [4.69, 9.17) is 0 Å². The van der Waals surface area contributed by atoms with Crippen molar-refractivity contribution in [3.63, 3.8) is 0 Å². The van der Waals surface area contributed by atoms with Gasteiger partial charge in [0.15, 0.2) is 5.65 Å². The number of nitrogens with one attached hydrogen (secondary N) is 2. The Morgan fingerprint density at radius 3 is 2.76 bits per heavy atom. The normalized spacial score (nSPS) is 10.8. The Hall–Kier alpha value is -3.61. The monoisotopic (exact) mass is 333 g/mol. The first kappa shape index (κ1) is 14.9. The van der Waals surface area contributed by atoms with E-state index in [1.54, 1.807) is 18.3 Å². The molecule has 0 aliphatic rings. The Morgan fingerprint density at radius 2 is 1.92 bits per heavy atom. The average molecular weight is 333 g/mol. The van der Waals surface area contributed by atoms with Crippen LogP contribution in [0.2, 0.25) is 0 Å². The topological polar surface area (TPSA) is 83.6 Å². The second-order valence-electron chi connectivity index (χ2n) is 5.37. The van der Waals surface area contributed by atoms with Crippen molar-refractivity contribution in [2.45, 2.75) is 0 Å². The molecule has 0 aliphatic heterocycles. The van der Waals surface area contributed by atoms with E-state index in [9.17, 15) is 9.18 Å². The lowest BCUT2D eigenvalue weighted by molar-refractivity contribution is 0.584. The first-order valence-corrected chi connectivity index (χ1v) is 7.53. The van der Waals surface area contributed by atoms with Gasteiger partial charge in [-0.1, -0.05) is 12.1 Å². The Morgan fingerprint density at radius 1 is 1.00 bits per heavy atom. The van der Waals surface area contributed by atoms with E-state index >= 15 is 0 Å². The molecule has 0 radical (unpaired) electrons. The molecule has 25 heavy (non-hydrogen) atoms.